The van der Waals surface area contributed by atoms with Crippen molar-refractivity contribution in [2.45, 2.75) is 26.1 Å². The van der Waals surface area contributed by atoms with Crippen LogP contribution in [-0.2, 0) is 4.74 Å². The third kappa shape index (κ3) is 9.50. The average molecular weight is 429 g/mol. The standard InChI is InChI=1S/C21H24O3.C8H8/c1-3-6-21(23-2)24-20-15-11-18(12-16-20)8-5-4-7-17-9-13-19(22)14-10-17;1-2-8-6-4-3-5-7-8/h4-5,7-16,21-22H,3,6H2,1-2H3;2-7H,1H2. The van der Waals surface area contributed by atoms with E-state index in [1.807, 2.05) is 97.1 Å². The number of hydrogen-bond donors (Lipinski definition) is 1. The number of phenolic OH excluding ortho intramolecular Hbond substituents is 1. The van der Waals surface area contributed by atoms with Gasteiger partial charge in [-0.2, -0.15) is 0 Å². The summed E-state index contributed by atoms with van der Waals surface area (Å²) < 4.78 is 11.1. The lowest BCUT2D eigenvalue weighted by atomic mass is 10.2. The van der Waals surface area contributed by atoms with E-state index in [2.05, 4.69) is 13.5 Å². The van der Waals surface area contributed by atoms with Gasteiger partial charge in [-0.15, -0.1) is 0 Å². The van der Waals surface area contributed by atoms with Crippen molar-refractivity contribution in [1.82, 2.24) is 0 Å². The van der Waals surface area contributed by atoms with E-state index in [1.165, 1.54) is 5.56 Å². The van der Waals surface area contributed by atoms with Crippen molar-refractivity contribution in [1.29, 1.82) is 0 Å². The van der Waals surface area contributed by atoms with E-state index in [0.717, 1.165) is 29.7 Å². The first-order chi connectivity index (χ1) is 15.6. The van der Waals surface area contributed by atoms with Gasteiger partial charge in [-0.25, -0.2) is 0 Å². The number of phenols is 1. The second kappa shape index (κ2) is 14.4. The Kier molecular flexibility index (Phi) is 11.2. The maximum Gasteiger partial charge on any atom is 0.199 e. The number of hydrogen-bond acceptors (Lipinski definition) is 3. The van der Waals surface area contributed by atoms with Gasteiger partial charge in [0.05, 0.1) is 0 Å². The lowest BCUT2D eigenvalue weighted by molar-refractivity contribution is -0.0583. The normalized spacial score (nSPS) is 11.7. The SMILES string of the molecule is C=Cc1ccccc1.CCCC(OC)Oc1ccc(C=CC=Cc2ccc(O)cc2)cc1. The highest BCUT2D eigenvalue weighted by Crippen LogP contribution is 2.17. The molecule has 0 bridgehead atoms. The van der Waals surface area contributed by atoms with Crippen LogP contribution in [0.1, 0.15) is 36.5 Å². The Bertz CT molecular complexity index is 956. The molecule has 0 radical (unpaired) electrons. The molecule has 32 heavy (non-hydrogen) atoms. The van der Waals surface area contributed by atoms with Gasteiger partial charge >= 0.3 is 0 Å². The molecule has 0 heterocycles. The lowest BCUT2D eigenvalue weighted by Crippen LogP contribution is -2.18. The monoisotopic (exact) mass is 428 g/mol. The molecule has 0 fully saturated rings. The fraction of sp³-hybridized carbons (Fsp3) is 0.172. The fourth-order valence-corrected chi connectivity index (χ4v) is 2.78. The highest BCUT2D eigenvalue weighted by molar-refractivity contribution is 5.58. The summed E-state index contributed by atoms with van der Waals surface area (Å²) in [4.78, 5) is 0. The van der Waals surface area contributed by atoms with Crippen LogP contribution in [0.25, 0.3) is 18.2 Å². The zero-order valence-corrected chi connectivity index (χ0v) is 18.9. The Morgan fingerprint density at radius 3 is 1.84 bits per heavy atom. The van der Waals surface area contributed by atoms with Gasteiger partial charge in [0.2, 0.25) is 0 Å². The third-order valence-corrected chi connectivity index (χ3v) is 4.55. The quantitative estimate of drug-likeness (QED) is 0.282. The molecule has 0 amide bonds. The Morgan fingerprint density at radius 1 is 0.812 bits per heavy atom. The maximum atomic E-state index is 9.24. The van der Waals surface area contributed by atoms with E-state index in [-0.39, 0.29) is 12.0 Å². The molecule has 166 valence electrons. The second-order valence-corrected chi connectivity index (χ2v) is 7.07. The number of rotatable bonds is 9. The molecule has 3 nitrogen and oxygen atoms in total. The second-order valence-electron chi connectivity index (χ2n) is 7.07. The Balaban J connectivity index is 0.000000380. The van der Waals surface area contributed by atoms with Crippen molar-refractivity contribution >= 4 is 18.2 Å². The van der Waals surface area contributed by atoms with Crippen molar-refractivity contribution in [2.75, 3.05) is 7.11 Å². The van der Waals surface area contributed by atoms with Crippen LogP contribution in [0.4, 0.5) is 0 Å². The number of methoxy groups -OCH3 is 1. The molecular formula is C29H32O3. The smallest absolute Gasteiger partial charge is 0.199 e. The van der Waals surface area contributed by atoms with Gasteiger partial charge in [-0.05, 0) is 41.0 Å². The molecule has 1 unspecified atom stereocenters. The summed E-state index contributed by atoms with van der Waals surface area (Å²) in [6, 6.07) is 25.0. The summed E-state index contributed by atoms with van der Waals surface area (Å²) in [5, 5.41) is 9.24. The van der Waals surface area contributed by atoms with Crippen LogP contribution in [-0.4, -0.2) is 18.5 Å². The van der Waals surface area contributed by atoms with Gasteiger partial charge in [0.15, 0.2) is 6.29 Å². The van der Waals surface area contributed by atoms with E-state index in [1.54, 1.807) is 19.2 Å². The summed E-state index contributed by atoms with van der Waals surface area (Å²) >= 11 is 0. The largest absolute Gasteiger partial charge is 0.508 e. The van der Waals surface area contributed by atoms with E-state index < -0.39 is 0 Å². The molecule has 0 spiro atoms. The number of ether oxygens (including phenoxy) is 2. The van der Waals surface area contributed by atoms with Crippen LogP contribution in [0.3, 0.4) is 0 Å². The Labute approximate surface area is 192 Å². The van der Waals surface area contributed by atoms with Crippen molar-refractivity contribution in [3.8, 4) is 11.5 Å². The van der Waals surface area contributed by atoms with Gasteiger partial charge in [0.1, 0.15) is 11.5 Å². The van der Waals surface area contributed by atoms with Crippen LogP contribution in [0.15, 0.2) is 97.6 Å². The van der Waals surface area contributed by atoms with Crippen LogP contribution in [0, 0.1) is 0 Å². The zero-order chi connectivity index (χ0) is 23.0. The molecule has 0 aliphatic heterocycles. The molecule has 3 heteroatoms. The summed E-state index contributed by atoms with van der Waals surface area (Å²) in [5.41, 5.74) is 3.32. The predicted molar refractivity (Wildman–Crippen MR) is 135 cm³/mol. The molecule has 1 atom stereocenters. The lowest BCUT2D eigenvalue weighted by Gasteiger charge is -2.16. The first-order valence-corrected chi connectivity index (χ1v) is 10.8. The topological polar surface area (TPSA) is 38.7 Å². The highest BCUT2D eigenvalue weighted by Gasteiger charge is 2.06. The maximum absolute atomic E-state index is 9.24. The molecule has 0 saturated heterocycles. The molecule has 1 N–H and O–H groups in total. The molecule has 0 aliphatic rings. The minimum Gasteiger partial charge on any atom is -0.508 e. The first kappa shape index (κ1) is 24.7. The fourth-order valence-electron chi connectivity index (χ4n) is 2.78. The van der Waals surface area contributed by atoms with Crippen molar-refractivity contribution in [3.63, 3.8) is 0 Å². The van der Waals surface area contributed by atoms with Crippen LogP contribution < -0.4 is 4.74 Å². The number of allylic oxidation sites excluding steroid dienone is 2. The number of aromatic hydroxyl groups is 1. The van der Waals surface area contributed by atoms with Crippen molar-refractivity contribution in [2.24, 2.45) is 0 Å². The summed E-state index contributed by atoms with van der Waals surface area (Å²) in [6.45, 7) is 5.74. The minimum absolute atomic E-state index is 0.190. The molecule has 0 saturated carbocycles. The van der Waals surface area contributed by atoms with Crippen molar-refractivity contribution < 1.29 is 14.6 Å². The van der Waals surface area contributed by atoms with E-state index in [9.17, 15) is 5.11 Å². The van der Waals surface area contributed by atoms with Crippen LogP contribution in [0.5, 0.6) is 11.5 Å². The van der Waals surface area contributed by atoms with Gasteiger partial charge in [0.25, 0.3) is 0 Å². The van der Waals surface area contributed by atoms with Gasteiger partial charge in [-0.1, -0.05) is 105 Å². The minimum atomic E-state index is -0.190. The molecule has 3 aromatic rings. The van der Waals surface area contributed by atoms with Crippen molar-refractivity contribution in [3.05, 3.63) is 114 Å². The Hall–Kier alpha value is -3.56. The van der Waals surface area contributed by atoms with E-state index in [4.69, 9.17) is 9.47 Å². The number of benzene rings is 3. The molecule has 3 aromatic carbocycles. The third-order valence-electron chi connectivity index (χ3n) is 4.55. The zero-order valence-electron chi connectivity index (χ0n) is 18.9. The van der Waals surface area contributed by atoms with E-state index >= 15 is 0 Å². The Morgan fingerprint density at radius 2 is 1.38 bits per heavy atom. The summed E-state index contributed by atoms with van der Waals surface area (Å²) in [6.07, 6.45) is 11.5. The highest BCUT2D eigenvalue weighted by atomic mass is 16.7. The van der Waals surface area contributed by atoms with Crippen LogP contribution >= 0.6 is 0 Å². The summed E-state index contributed by atoms with van der Waals surface area (Å²) in [7, 11) is 1.66. The molecular weight excluding hydrogens is 396 g/mol. The van der Waals surface area contributed by atoms with Gasteiger partial charge in [-0.3, -0.25) is 0 Å². The van der Waals surface area contributed by atoms with Gasteiger partial charge in [0, 0.05) is 13.5 Å². The predicted octanol–water partition coefficient (Wildman–Crippen LogP) is 7.60. The first-order valence-electron chi connectivity index (χ1n) is 10.8. The van der Waals surface area contributed by atoms with Gasteiger partial charge < -0.3 is 14.6 Å². The van der Waals surface area contributed by atoms with E-state index in [0.29, 0.717) is 0 Å². The molecule has 0 aromatic heterocycles. The molecule has 0 aliphatic carbocycles. The molecule has 3 rings (SSSR count). The van der Waals surface area contributed by atoms with Crippen LogP contribution in [0.2, 0.25) is 0 Å². The average Bonchev–Trinajstić information content (AvgIpc) is 2.84. The summed E-state index contributed by atoms with van der Waals surface area (Å²) in [5.74, 6) is 1.09.